The molecule has 1 aromatic heterocycles. The van der Waals surface area contributed by atoms with Gasteiger partial charge < -0.3 is 5.73 Å². The standard InChI is InChI=1S/C14H13F3N2/c15-14(16,17)11-6-4-10(5-7-11)9-12(18)13-3-1-2-8-19-13/h1-8,12H,9,18H2. The van der Waals surface area contributed by atoms with Crippen LogP contribution in [0.3, 0.4) is 0 Å². The van der Waals surface area contributed by atoms with Crippen LogP contribution in [0, 0.1) is 0 Å². The molecule has 0 aliphatic carbocycles. The van der Waals surface area contributed by atoms with Crippen molar-refractivity contribution in [3.05, 3.63) is 65.5 Å². The van der Waals surface area contributed by atoms with Gasteiger partial charge in [0.1, 0.15) is 0 Å². The van der Waals surface area contributed by atoms with Crippen molar-refractivity contribution in [3.63, 3.8) is 0 Å². The van der Waals surface area contributed by atoms with Crippen molar-refractivity contribution in [2.24, 2.45) is 5.73 Å². The molecule has 19 heavy (non-hydrogen) atoms. The lowest BCUT2D eigenvalue weighted by Gasteiger charge is -2.12. The number of nitrogens with zero attached hydrogens (tertiary/aromatic N) is 1. The van der Waals surface area contributed by atoms with Gasteiger partial charge in [-0.1, -0.05) is 18.2 Å². The fourth-order valence-corrected chi connectivity index (χ4v) is 1.78. The minimum Gasteiger partial charge on any atom is -0.322 e. The lowest BCUT2D eigenvalue weighted by Crippen LogP contribution is -2.15. The summed E-state index contributed by atoms with van der Waals surface area (Å²) in [6, 6.07) is 10.1. The highest BCUT2D eigenvalue weighted by Crippen LogP contribution is 2.29. The van der Waals surface area contributed by atoms with Crippen LogP contribution in [-0.2, 0) is 12.6 Å². The summed E-state index contributed by atoms with van der Waals surface area (Å²) in [4.78, 5) is 4.13. The van der Waals surface area contributed by atoms with E-state index in [9.17, 15) is 13.2 Å². The second-order valence-electron chi connectivity index (χ2n) is 4.26. The minimum atomic E-state index is -4.30. The molecule has 2 N–H and O–H groups in total. The summed E-state index contributed by atoms with van der Waals surface area (Å²) in [6.45, 7) is 0. The second kappa shape index (κ2) is 5.40. The predicted octanol–water partition coefficient (Wildman–Crippen LogP) is 3.34. The van der Waals surface area contributed by atoms with Crippen LogP contribution >= 0.6 is 0 Å². The number of rotatable bonds is 3. The van der Waals surface area contributed by atoms with Gasteiger partial charge in [0, 0.05) is 6.20 Å². The van der Waals surface area contributed by atoms with Gasteiger partial charge in [-0.3, -0.25) is 4.98 Å². The summed E-state index contributed by atoms with van der Waals surface area (Å²) in [7, 11) is 0. The zero-order valence-corrected chi connectivity index (χ0v) is 10.1. The summed E-state index contributed by atoms with van der Waals surface area (Å²) >= 11 is 0. The molecule has 0 saturated carbocycles. The highest BCUT2D eigenvalue weighted by atomic mass is 19.4. The van der Waals surface area contributed by atoms with Crippen LogP contribution in [0.25, 0.3) is 0 Å². The Bertz CT molecular complexity index is 521. The lowest BCUT2D eigenvalue weighted by molar-refractivity contribution is -0.137. The van der Waals surface area contributed by atoms with E-state index < -0.39 is 11.7 Å². The third kappa shape index (κ3) is 3.54. The molecular weight excluding hydrogens is 253 g/mol. The van der Waals surface area contributed by atoms with E-state index in [4.69, 9.17) is 5.73 Å². The smallest absolute Gasteiger partial charge is 0.322 e. The molecule has 0 radical (unpaired) electrons. The van der Waals surface area contributed by atoms with Crippen molar-refractivity contribution < 1.29 is 13.2 Å². The van der Waals surface area contributed by atoms with E-state index in [-0.39, 0.29) is 6.04 Å². The van der Waals surface area contributed by atoms with E-state index in [2.05, 4.69) is 4.98 Å². The van der Waals surface area contributed by atoms with Gasteiger partial charge in [0.2, 0.25) is 0 Å². The van der Waals surface area contributed by atoms with Crippen molar-refractivity contribution in [2.45, 2.75) is 18.6 Å². The normalized spacial score (nSPS) is 13.3. The molecule has 0 saturated heterocycles. The number of pyridine rings is 1. The Hall–Kier alpha value is -1.88. The van der Waals surface area contributed by atoms with Crippen LogP contribution in [0.2, 0.25) is 0 Å². The van der Waals surface area contributed by atoms with Crippen molar-refractivity contribution in [1.29, 1.82) is 0 Å². The summed E-state index contributed by atoms with van der Waals surface area (Å²) in [5.74, 6) is 0. The molecule has 0 aliphatic rings. The number of hydrogen-bond donors (Lipinski definition) is 1. The van der Waals surface area contributed by atoms with E-state index in [1.165, 1.54) is 12.1 Å². The highest BCUT2D eigenvalue weighted by molar-refractivity contribution is 5.26. The first kappa shape index (κ1) is 13.5. The molecule has 1 atom stereocenters. The average molecular weight is 266 g/mol. The fraction of sp³-hybridized carbons (Fsp3) is 0.214. The third-order valence-corrected chi connectivity index (χ3v) is 2.80. The molecule has 1 heterocycles. The van der Waals surface area contributed by atoms with Crippen LogP contribution < -0.4 is 5.73 Å². The molecule has 0 aliphatic heterocycles. The van der Waals surface area contributed by atoms with Crippen molar-refractivity contribution in [3.8, 4) is 0 Å². The molecule has 2 aromatic rings. The SMILES string of the molecule is NC(Cc1ccc(C(F)(F)F)cc1)c1ccccn1. The largest absolute Gasteiger partial charge is 0.416 e. The minimum absolute atomic E-state index is 0.321. The van der Waals surface area contributed by atoms with Gasteiger partial charge >= 0.3 is 6.18 Å². The molecule has 0 amide bonds. The molecular formula is C14H13F3N2. The maximum atomic E-state index is 12.4. The zero-order chi connectivity index (χ0) is 13.9. The van der Waals surface area contributed by atoms with Crippen LogP contribution in [0.4, 0.5) is 13.2 Å². The van der Waals surface area contributed by atoms with E-state index in [1.54, 1.807) is 18.3 Å². The van der Waals surface area contributed by atoms with Crippen molar-refractivity contribution >= 4 is 0 Å². The van der Waals surface area contributed by atoms with Crippen molar-refractivity contribution in [1.82, 2.24) is 4.98 Å². The zero-order valence-electron chi connectivity index (χ0n) is 10.1. The quantitative estimate of drug-likeness (QED) is 0.925. The maximum absolute atomic E-state index is 12.4. The Labute approximate surface area is 109 Å². The molecule has 0 bridgehead atoms. The van der Waals surface area contributed by atoms with Gasteiger partial charge in [0.15, 0.2) is 0 Å². The van der Waals surface area contributed by atoms with Crippen LogP contribution in [0.5, 0.6) is 0 Å². The Morgan fingerprint density at radius 3 is 2.26 bits per heavy atom. The summed E-state index contributed by atoms with van der Waals surface area (Å²) < 4.78 is 37.2. The predicted molar refractivity (Wildman–Crippen MR) is 66.3 cm³/mol. The molecule has 0 spiro atoms. The Morgan fingerprint density at radius 1 is 1.05 bits per heavy atom. The van der Waals surface area contributed by atoms with Gasteiger partial charge in [-0.15, -0.1) is 0 Å². The number of aromatic nitrogens is 1. The van der Waals surface area contributed by atoms with Gasteiger partial charge in [-0.05, 0) is 36.2 Å². The summed E-state index contributed by atoms with van der Waals surface area (Å²) in [5, 5.41) is 0. The molecule has 1 aromatic carbocycles. The summed E-state index contributed by atoms with van der Waals surface area (Å²) in [5.41, 5.74) is 6.80. The topological polar surface area (TPSA) is 38.9 Å². The molecule has 0 fully saturated rings. The van der Waals surface area contributed by atoms with E-state index in [0.29, 0.717) is 6.42 Å². The maximum Gasteiger partial charge on any atom is 0.416 e. The van der Waals surface area contributed by atoms with Crippen molar-refractivity contribution in [2.75, 3.05) is 0 Å². The first-order valence-electron chi connectivity index (χ1n) is 5.79. The van der Waals surface area contributed by atoms with Gasteiger partial charge in [0.25, 0.3) is 0 Å². The van der Waals surface area contributed by atoms with Gasteiger partial charge in [0.05, 0.1) is 17.3 Å². The van der Waals surface area contributed by atoms with Crippen LogP contribution in [0.1, 0.15) is 22.9 Å². The molecule has 1 unspecified atom stereocenters. The molecule has 2 rings (SSSR count). The number of benzene rings is 1. The highest BCUT2D eigenvalue weighted by Gasteiger charge is 2.29. The third-order valence-electron chi connectivity index (χ3n) is 2.80. The molecule has 5 heteroatoms. The van der Waals surface area contributed by atoms with E-state index in [0.717, 1.165) is 23.4 Å². The Kier molecular flexibility index (Phi) is 3.85. The molecule has 2 nitrogen and oxygen atoms in total. The number of hydrogen-bond acceptors (Lipinski definition) is 2. The van der Waals surface area contributed by atoms with Gasteiger partial charge in [-0.25, -0.2) is 0 Å². The van der Waals surface area contributed by atoms with Gasteiger partial charge in [-0.2, -0.15) is 13.2 Å². The second-order valence-corrected chi connectivity index (χ2v) is 4.26. The first-order chi connectivity index (χ1) is 8.97. The van der Waals surface area contributed by atoms with E-state index >= 15 is 0 Å². The number of halogens is 3. The molecule has 100 valence electrons. The number of alkyl halides is 3. The van der Waals surface area contributed by atoms with Crippen LogP contribution in [0.15, 0.2) is 48.7 Å². The lowest BCUT2D eigenvalue weighted by atomic mass is 10.0. The number of nitrogens with two attached hydrogens (primary N) is 1. The monoisotopic (exact) mass is 266 g/mol. The average Bonchev–Trinajstić information content (AvgIpc) is 2.39. The first-order valence-corrected chi connectivity index (χ1v) is 5.79. The van der Waals surface area contributed by atoms with E-state index in [1.807, 2.05) is 6.07 Å². The Morgan fingerprint density at radius 2 is 1.74 bits per heavy atom. The fourth-order valence-electron chi connectivity index (χ4n) is 1.78. The Balaban J connectivity index is 2.08. The van der Waals surface area contributed by atoms with Crippen LogP contribution in [-0.4, -0.2) is 4.98 Å². The summed E-state index contributed by atoms with van der Waals surface area (Å²) in [6.07, 6.45) is -2.21.